The van der Waals surface area contributed by atoms with Gasteiger partial charge in [-0.15, -0.1) is 0 Å². The highest BCUT2D eigenvalue weighted by atomic mass is 16.4. The summed E-state index contributed by atoms with van der Waals surface area (Å²) in [5, 5.41) is 38.3. The lowest BCUT2D eigenvalue weighted by molar-refractivity contribution is -0.140. The summed E-state index contributed by atoms with van der Waals surface area (Å²) in [5.74, 6) is -2.86. The number of nitrogens with zero attached hydrogens (tertiary/aromatic N) is 4. The number of hydrogen-bond acceptors (Lipinski definition) is 8. The molecule has 0 spiro atoms. The van der Waals surface area contributed by atoms with Gasteiger partial charge in [0.2, 0.25) is 0 Å². The third kappa shape index (κ3) is 14.9. The molecule has 1 rings (SSSR count). The molecule has 33 heavy (non-hydrogen) atoms. The smallest absolute Gasteiger partial charge is 0.317 e. The van der Waals surface area contributed by atoms with Crippen molar-refractivity contribution in [3.05, 3.63) is 0 Å². The molecule has 0 aromatic rings. The zero-order chi connectivity index (χ0) is 24.6. The summed E-state index contributed by atoms with van der Waals surface area (Å²) < 4.78 is 0. The molecule has 0 aromatic heterocycles. The molecule has 11 nitrogen and oxygen atoms in total. The molecule has 0 aliphatic carbocycles. The fourth-order valence-corrected chi connectivity index (χ4v) is 4.01. The largest absolute Gasteiger partial charge is 0.480 e. The van der Waals surface area contributed by atoms with Gasteiger partial charge in [0, 0.05) is 58.9 Å². The van der Waals surface area contributed by atoms with Gasteiger partial charge in [-0.25, -0.2) is 0 Å². The van der Waals surface area contributed by atoms with Gasteiger partial charge in [0.1, 0.15) is 0 Å². The zero-order valence-electron chi connectivity index (χ0n) is 19.9. The van der Waals surface area contributed by atoms with Gasteiger partial charge in [0.05, 0.1) is 25.7 Å². The van der Waals surface area contributed by atoms with Crippen molar-refractivity contribution in [1.82, 2.24) is 19.6 Å². The number of aliphatic hydroxyl groups is 1. The Hall–Kier alpha value is -1.79. The van der Waals surface area contributed by atoms with Crippen LogP contribution >= 0.6 is 0 Å². The number of aliphatic carboxylic acids is 3. The monoisotopic (exact) mass is 474 g/mol. The molecule has 1 unspecified atom stereocenters. The molecule has 1 atom stereocenters. The van der Waals surface area contributed by atoms with Gasteiger partial charge in [-0.05, 0) is 6.42 Å². The third-order valence-corrected chi connectivity index (χ3v) is 5.87. The molecule has 1 saturated heterocycles. The number of carboxylic acids is 3. The van der Waals surface area contributed by atoms with Crippen LogP contribution in [-0.2, 0) is 14.4 Å². The normalized spacial score (nSPS) is 19.5. The Kier molecular flexibility index (Phi) is 14.9. The zero-order valence-corrected chi connectivity index (χ0v) is 19.9. The van der Waals surface area contributed by atoms with E-state index in [-0.39, 0.29) is 19.6 Å². The number of hydrogen-bond donors (Lipinski definition) is 4. The van der Waals surface area contributed by atoms with E-state index in [2.05, 4.69) is 11.8 Å². The van der Waals surface area contributed by atoms with Crippen molar-refractivity contribution < 1.29 is 34.8 Å². The van der Waals surface area contributed by atoms with Crippen LogP contribution in [0.4, 0.5) is 0 Å². The van der Waals surface area contributed by atoms with Crippen molar-refractivity contribution in [3.63, 3.8) is 0 Å². The van der Waals surface area contributed by atoms with E-state index in [1.807, 2.05) is 0 Å². The molecule has 0 bridgehead atoms. The first-order valence-electron chi connectivity index (χ1n) is 11.9. The molecule has 1 aliphatic heterocycles. The second kappa shape index (κ2) is 16.8. The topological polar surface area (TPSA) is 145 Å². The Morgan fingerprint density at radius 2 is 1.00 bits per heavy atom. The molecule has 0 radical (unpaired) electrons. The van der Waals surface area contributed by atoms with Crippen molar-refractivity contribution in [2.75, 3.05) is 78.5 Å². The van der Waals surface area contributed by atoms with Gasteiger partial charge in [-0.3, -0.25) is 34.0 Å². The Morgan fingerprint density at radius 3 is 1.33 bits per heavy atom. The summed E-state index contributed by atoms with van der Waals surface area (Å²) in [6, 6.07) is 0. The summed E-state index contributed by atoms with van der Waals surface area (Å²) in [4.78, 5) is 41.2. The van der Waals surface area contributed by atoms with E-state index in [1.165, 1.54) is 0 Å². The summed E-state index contributed by atoms with van der Waals surface area (Å²) in [7, 11) is 0. The molecular weight excluding hydrogens is 432 g/mol. The van der Waals surface area contributed by atoms with E-state index >= 15 is 0 Å². The quantitative estimate of drug-likeness (QED) is 0.263. The molecular formula is C22H42N4O7. The van der Waals surface area contributed by atoms with Gasteiger partial charge in [0.25, 0.3) is 0 Å². The summed E-state index contributed by atoms with van der Waals surface area (Å²) in [5.41, 5.74) is 0. The van der Waals surface area contributed by atoms with E-state index in [1.54, 1.807) is 14.7 Å². The minimum Gasteiger partial charge on any atom is -0.480 e. The Balaban J connectivity index is 2.85. The first-order valence-corrected chi connectivity index (χ1v) is 11.9. The molecule has 192 valence electrons. The van der Waals surface area contributed by atoms with Crippen LogP contribution in [0.15, 0.2) is 0 Å². The lowest BCUT2D eigenvalue weighted by Crippen LogP contribution is -2.49. The predicted molar refractivity (Wildman–Crippen MR) is 123 cm³/mol. The fraction of sp³-hybridized carbons (Fsp3) is 0.864. The number of unbranched alkanes of at least 4 members (excludes halogenated alkanes) is 3. The van der Waals surface area contributed by atoms with Crippen molar-refractivity contribution in [2.24, 2.45) is 0 Å². The van der Waals surface area contributed by atoms with Crippen LogP contribution in [0.5, 0.6) is 0 Å². The van der Waals surface area contributed by atoms with E-state index in [0.29, 0.717) is 65.3 Å². The van der Waals surface area contributed by atoms with E-state index < -0.39 is 24.0 Å². The van der Waals surface area contributed by atoms with Gasteiger partial charge in [-0.2, -0.15) is 0 Å². The number of aliphatic hydroxyl groups excluding tert-OH is 1. The molecule has 0 aromatic carbocycles. The highest BCUT2D eigenvalue weighted by Crippen LogP contribution is 2.08. The summed E-state index contributed by atoms with van der Waals surface area (Å²) in [6.07, 6.45) is 4.53. The Labute approximate surface area is 196 Å². The number of carbonyl (C=O) groups is 3. The third-order valence-electron chi connectivity index (χ3n) is 5.87. The maximum absolute atomic E-state index is 11.3. The SMILES string of the molecule is CCCCCCC(O)CN1CCN(CC(=O)O)CCN(CC(=O)O)CCN(CC(=O)O)CC1. The maximum atomic E-state index is 11.3. The Bertz CT molecular complexity index is 561. The van der Waals surface area contributed by atoms with Gasteiger partial charge in [-0.1, -0.05) is 32.6 Å². The van der Waals surface area contributed by atoms with Crippen LogP contribution in [0.3, 0.4) is 0 Å². The number of β-amino-alcohol motifs (C(OH)–C–C–N with tert-alkyl or cyclic N) is 1. The predicted octanol–water partition coefficient (Wildman–Crippen LogP) is -0.207. The minimum absolute atomic E-state index is 0.139. The van der Waals surface area contributed by atoms with Crippen LogP contribution in [0.2, 0.25) is 0 Å². The average Bonchev–Trinajstić information content (AvgIpc) is 2.72. The van der Waals surface area contributed by atoms with Crippen LogP contribution < -0.4 is 0 Å². The van der Waals surface area contributed by atoms with Crippen molar-refractivity contribution in [3.8, 4) is 0 Å². The molecule has 0 amide bonds. The number of carboxylic acid groups (broad SMARTS) is 3. The Morgan fingerprint density at radius 1 is 0.636 bits per heavy atom. The minimum atomic E-state index is -0.976. The lowest BCUT2D eigenvalue weighted by Gasteiger charge is -2.33. The first kappa shape index (κ1) is 29.2. The average molecular weight is 475 g/mol. The first-order chi connectivity index (χ1) is 15.7. The molecule has 1 fully saturated rings. The maximum Gasteiger partial charge on any atom is 0.317 e. The molecule has 11 heteroatoms. The summed E-state index contributed by atoms with van der Waals surface area (Å²) in [6.45, 7) is 5.69. The van der Waals surface area contributed by atoms with E-state index in [0.717, 1.165) is 25.7 Å². The second-order valence-corrected chi connectivity index (χ2v) is 8.81. The van der Waals surface area contributed by atoms with Crippen molar-refractivity contribution >= 4 is 17.9 Å². The van der Waals surface area contributed by atoms with E-state index in [9.17, 15) is 34.8 Å². The van der Waals surface area contributed by atoms with Crippen LogP contribution in [-0.4, -0.2) is 143 Å². The van der Waals surface area contributed by atoms with Gasteiger partial charge >= 0.3 is 17.9 Å². The lowest BCUT2D eigenvalue weighted by atomic mass is 10.1. The fourth-order valence-electron chi connectivity index (χ4n) is 4.01. The highest BCUT2D eigenvalue weighted by Gasteiger charge is 2.21. The van der Waals surface area contributed by atoms with Gasteiger partial charge in [0.15, 0.2) is 0 Å². The molecule has 1 aliphatic rings. The second-order valence-electron chi connectivity index (χ2n) is 8.81. The molecule has 4 N–H and O–H groups in total. The standard InChI is InChI=1S/C22H42N4O7/c1-2-3-4-5-6-19(27)15-23-7-9-24(16-20(28)29)11-13-26(18-22(32)33)14-12-25(10-8-23)17-21(30)31/h19,27H,2-18H2,1H3,(H,28,29)(H,30,31)(H,32,33). The molecule has 1 heterocycles. The number of rotatable bonds is 13. The van der Waals surface area contributed by atoms with Crippen LogP contribution in [0.1, 0.15) is 39.0 Å². The van der Waals surface area contributed by atoms with Gasteiger partial charge < -0.3 is 20.4 Å². The van der Waals surface area contributed by atoms with Crippen LogP contribution in [0.25, 0.3) is 0 Å². The molecule has 0 saturated carbocycles. The summed E-state index contributed by atoms with van der Waals surface area (Å²) >= 11 is 0. The van der Waals surface area contributed by atoms with E-state index in [4.69, 9.17) is 0 Å². The van der Waals surface area contributed by atoms with Crippen LogP contribution in [0, 0.1) is 0 Å². The highest BCUT2D eigenvalue weighted by molar-refractivity contribution is 5.69. The van der Waals surface area contributed by atoms with Crippen molar-refractivity contribution in [1.29, 1.82) is 0 Å². The van der Waals surface area contributed by atoms with Crippen molar-refractivity contribution in [2.45, 2.75) is 45.1 Å².